The zero-order valence-electron chi connectivity index (χ0n) is 12.4. The van der Waals surface area contributed by atoms with Crippen LogP contribution >= 0.6 is 11.8 Å². The van der Waals surface area contributed by atoms with Crippen LogP contribution in [0.3, 0.4) is 0 Å². The summed E-state index contributed by atoms with van der Waals surface area (Å²) < 4.78 is 18.8. The summed E-state index contributed by atoms with van der Waals surface area (Å²) in [6.07, 6.45) is 3.28. The molecule has 0 aliphatic carbocycles. The first kappa shape index (κ1) is 17.1. The van der Waals surface area contributed by atoms with Gasteiger partial charge in [-0.15, -0.1) is 0 Å². The molecule has 0 radical (unpaired) electrons. The number of carbonyl (C=O) groups excluding carboxylic acids is 1. The molecular weight excluding hydrogens is 291 g/mol. The first-order valence-corrected chi connectivity index (χ1v) is 7.64. The molecule has 0 fully saturated rings. The predicted molar refractivity (Wildman–Crippen MR) is 81.5 cm³/mol. The van der Waals surface area contributed by atoms with E-state index in [9.17, 15) is 9.18 Å². The topological polar surface area (TPSA) is 52.1 Å². The minimum Gasteiger partial charge on any atom is -0.494 e. The molecule has 6 heteroatoms. The van der Waals surface area contributed by atoms with Crippen molar-refractivity contribution in [1.82, 2.24) is 9.97 Å². The second-order valence-corrected chi connectivity index (χ2v) is 4.35. The fraction of sp³-hybridized carbons (Fsp3) is 0.267. The van der Waals surface area contributed by atoms with Crippen LogP contribution < -0.4 is 4.74 Å². The lowest BCUT2D eigenvalue weighted by atomic mass is 10.1. The number of nitrogens with zero attached hydrogens (tertiary/aromatic N) is 2. The van der Waals surface area contributed by atoms with Crippen LogP contribution in [0.25, 0.3) is 0 Å². The molecule has 0 spiro atoms. The maximum Gasteiger partial charge on any atom is 0.214 e. The van der Waals surface area contributed by atoms with E-state index in [1.165, 1.54) is 43.3 Å². The van der Waals surface area contributed by atoms with Gasteiger partial charge < -0.3 is 4.74 Å². The monoisotopic (exact) mass is 308 g/mol. The zero-order valence-corrected chi connectivity index (χ0v) is 13.2. The highest BCUT2D eigenvalue weighted by Crippen LogP contribution is 2.22. The molecule has 4 nitrogen and oxygen atoms in total. The number of halogens is 1. The molecule has 1 heterocycles. The van der Waals surface area contributed by atoms with Gasteiger partial charge in [-0.1, -0.05) is 31.7 Å². The Morgan fingerprint density at radius 1 is 1.29 bits per heavy atom. The van der Waals surface area contributed by atoms with E-state index in [1.54, 1.807) is 12.3 Å². The van der Waals surface area contributed by atoms with Crippen molar-refractivity contribution in [2.24, 2.45) is 0 Å². The van der Waals surface area contributed by atoms with Crippen LogP contribution in [0.4, 0.5) is 4.39 Å². The van der Waals surface area contributed by atoms with Crippen LogP contribution in [-0.4, -0.2) is 29.1 Å². The lowest BCUT2D eigenvalue weighted by molar-refractivity contribution is 0.102. The Morgan fingerprint density at radius 2 is 2.00 bits per heavy atom. The molecule has 0 aliphatic rings. The second-order valence-electron chi connectivity index (χ2n) is 3.58. The van der Waals surface area contributed by atoms with E-state index in [4.69, 9.17) is 4.74 Å². The van der Waals surface area contributed by atoms with E-state index in [0.717, 1.165) is 0 Å². The van der Waals surface area contributed by atoms with Crippen molar-refractivity contribution in [3.8, 4) is 5.75 Å². The summed E-state index contributed by atoms with van der Waals surface area (Å²) >= 11 is 1.31. The van der Waals surface area contributed by atoms with Gasteiger partial charge >= 0.3 is 0 Å². The Kier molecular flexibility index (Phi) is 6.81. The summed E-state index contributed by atoms with van der Waals surface area (Å²) in [6, 6.07) is 5.88. The first-order chi connectivity index (χ1) is 10.2. The van der Waals surface area contributed by atoms with Crippen LogP contribution in [0, 0.1) is 5.82 Å². The third-order valence-corrected chi connectivity index (χ3v) is 3.04. The number of methoxy groups -OCH3 is 1. The summed E-state index contributed by atoms with van der Waals surface area (Å²) in [5.41, 5.74) is 0.0941. The molecule has 1 aromatic carbocycles. The first-order valence-electron chi connectivity index (χ1n) is 6.41. The maximum atomic E-state index is 14.0. The van der Waals surface area contributed by atoms with Crippen LogP contribution in [-0.2, 0) is 0 Å². The van der Waals surface area contributed by atoms with E-state index in [-0.39, 0.29) is 17.0 Å². The lowest BCUT2D eigenvalue weighted by Crippen LogP contribution is -2.08. The molecule has 0 atom stereocenters. The van der Waals surface area contributed by atoms with Gasteiger partial charge in [-0.05, 0) is 24.5 Å². The van der Waals surface area contributed by atoms with Crippen LogP contribution in [0.2, 0.25) is 0 Å². The van der Waals surface area contributed by atoms with Gasteiger partial charge in [0, 0.05) is 6.20 Å². The Labute approximate surface area is 127 Å². The third kappa shape index (κ3) is 4.01. The summed E-state index contributed by atoms with van der Waals surface area (Å²) in [6.45, 7) is 4.00. The summed E-state index contributed by atoms with van der Waals surface area (Å²) in [7, 11) is 1.35. The summed E-state index contributed by atoms with van der Waals surface area (Å²) in [5.74, 6) is -1.14. The van der Waals surface area contributed by atoms with Crippen molar-refractivity contribution in [2.75, 3.05) is 13.4 Å². The largest absolute Gasteiger partial charge is 0.494 e. The Balaban J connectivity index is 0.00000106. The van der Waals surface area contributed by atoms with Gasteiger partial charge in [0.05, 0.1) is 12.7 Å². The molecule has 0 bridgehead atoms. The van der Waals surface area contributed by atoms with Crippen LogP contribution in [0.1, 0.15) is 29.9 Å². The van der Waals surface area contributed by atoms with Gasteiger partial charge in [0.1, 0.15) is 5.69 Å². The normalized spacial score (nSPS) is 9.57. The Morgan fingerprint density at radius 3 is 2.62 bits per heavy atom. The molecule has 0 saturated carbocycles. The smallest absolute Gasteiger partial charge is 0.214 e. The fourth-order valence-electron chi connectivity index (χ4n) is 1.55. The molecule has 0 unspecified atom stereocenters. The van der Waals surface area contributed by atoms with Crippen molar-refractivity contribution in [3.63, 3.8) is 0 Å². The lowest BCUT2D eigenvalue weighted by Gasteiger charge is -2.06. The van der Waals surface area contributed by atoms with Crippen LogP contribution in [0.15, 0.2) is 35.6 Å². The van der Waals surface area contributed by atoms with Crippen molar-refractivity contribution in [1.29, 1.82) is 0 Å². The molecule has 2 rings (SSSR count). The number of ether oxygens (including phenoxy) is 1. The molecule has 1 aromatic heterocycles. The standard InChI is InChI=1S/C13H11FN2O2S.C2H6/c1-18-10-5-3-4-8(11(10)14)12(17)9-6-7-15-13(16-9)19-2;1-2/h3-7H,1-2H3;1-2H3. The van der Waals surface area contributed by atoms with Gasteiger partial charge in [-0.2, -0.15) is 0 Å². The van der Waals surface area contributed by atoms with Crippen molar-refractivity contribution >= 4 is 17.5 Å². The van der Waals surface area contributed by atoms with Crippen molar-refractivity contribution in [3.05, 3.63) is 47.5 Å². The Bertz CT molecular complexity index is 620. The highest BCUT2D eigenvalue weighted by molar-refractivity contribution is 7.98. The van der Waals surface area contributed by atoms with Crippen molar-refractivity contribution < 1.29 is 13.9 Å². The number of ketones is 1. The summed E-state index contributed by atoms with van der Waals surface area (Å²) in [5, 5.41) is 0.467. The molecule has 0 amide bonds. The minimum atomic E-state index is -0.681. The van der Waals surface area contributed by atoms with E-state index in [0.29, 0.717) is 5.16 Å². The maximum absolute atomic E-state index is 14.0. The van der Waals surface area contributed by atoms with E-state index < -0.39 is 11.6 Å². The second kappa shape index (κ2) is 8.36. The number of carbonyl (C=O) groups is 1. The third-order valence-electron chi connectivity index (χ3n) is 2.48. The molecule has 0 N–H and O–H groups in total. The SMILES string of the molecule is CC.COc1cccc(C(=O)c2ccnc(SC)n2)c1F. The number of hydrogen-bond acceptors (Lipinski definition) is 5. The van der Waals surface area contributed by atoms with Crippen LogP contribution in [0.5, 0.6) is 5.75 Å². The highest BCUT2D eigenvalue weighted by atomic mass is 32.2. The average Bonchev–Trinajstić information content (AvgIpc) is 2.56. The quantitative estimate of drug-likeness (QED) is 0.491. The van der Waals surface area contributed by atoms with Gasteiger partial charge in [-0.3, -0.25) is 4.79 Å². The number of hydrogen-bond donors (Lipinski definition) is 0. The van der Waals surface area contributed by atoms with E-state index in [1.807, 2.05) is 13.8 Å². The van der Waals surface area contributed by atoms with Gasteiger partial charge in [0.2, 0.25) is 5.78 Å². The highest BCUT2D eigenvalue weighted by Gasteiger charge is 2.18. The van der Waals surface area contributed by atoms with E-state index >= 15 is 0 Å². The number of thioether (sulfide) groups is 1. The average molecular weight is 308 g/mol. The van der Waals surface area contributed by atoms with Gasteiger partial charge in [0.25, 0.3) is 0 Å². The van der Waals surface area contributed by atoms with Gasteiger partial charge in [-0.25, -0.2) is 14.4 Å². The number of benzene rings is 1. The molecular formula is C15H17FN2O2S. The molecule has 2 aromatic rings. The van der Waals surface area contributed by atoms with Crippen molar-refractivity contribution in [2.45, 2.75) is 19.0 Å². The number of aromatic nitrogens is 2. The number of rotatable bonds is 4. The molecule has 0 saturated heterocycles. The fourth-order valence-corrected chi connectivity index (χ4v) is 1.90. The molecule has 21 heavy (non-hydrogen) atoms. The predicted octanol–water partition coefficient (Wildman–Crippen LogP) is 3.60. The molecule has 112 valence electrons. The summed E-state index contributed by atoms with van der Waals surface area (Å²) in [4.78, 5) is 20.2. The van der Waals surface area contributed by atoms with Gasteiger partial charge in [0.15, 0.2) is 16.7 Å². The van der Waals surface area contributed by atoms with E-state index in [2.05, 4.69) is 9.97 Å². The zero-order chi connectivity index (χ0) is 15.8. The Hall–Kier alpha value is -1.95. The molecule has 0 aliphatic heterocycles. The minimum absolute atomic E-state index is 0.0324.